The number of ether oxygens (including phenoxy) is 1. The summed E-state index contributed by atoms with van der Waals surface area (Å²) in [6, 6.07) is 6.40. The third-order valence-electron chi connectivity index (χ3n) is 3.57. The lowest BCUT2D eigenvalue weighted by molar-refractivity contribution is 0.202. The first-order chi connectivity index (χ1) is 9.69. The van der Waals surface area contributed by atoms with Gasteiger partial charge in [0.15, 0.2) is 5.13 Å². The molecule has 1 heterocycles. The molecule has 0 bridgehead atoms. The number of rotatable bonds is 7. The normalized spacial score (nSPS) is 11.4. The fourth-order valence-electron chi connectivity index (χ4n) is 2.41. The molecule has 2 aromatic rings. The summed E-state index contributed by atoms with van der Waals surface area (Å²) in [5.41, 5.74) is 7.66. The number of methoxy groups -OCH3 is 1. The van der Waals surface area contributed by atoms with E-state index >= 15 is 0 Å². The molecular weight excluding hydrogens is 270 g/mol. The maximum absolute atomic E-state index is 5.85. The summed E-state index contributed by atoms with van der Waals surface area (Å²) in [7, 11) is 1.74. The van der Waals surface area contributed by atoms with Gasteiger partial charge in [-0.15, -0.1) is 0 Å². The molecule has 5 heteroatoms. The van der Waals surface area contributed by atoms with Gasteiger partial charge in [0, 0.05) is 25.4 Å². The Bertz CT molecular complexity index is 551. The molecule has 0 aliphatic rings. The van der Waals surface area contributed by atoms with Crippen molar-refractivity contribution in [3.05, 3.63) is 18.2 Å². The second-order valence-corrected chi connectivity index (χ2v) is 5.89. The molecule has 0 saturated carbocycles. The third-order valence-corrected chi connectivity index (χ3v) is 4.62. The molecule has 1 aromatic carbocycles. The number of hydrogen-bond donors (Lipinski definition) is 1. The minimum Gasteiger partial charge on any atom is -0.399 e. The summed E-state index contributed by atoms with van der Waals surface area (Å²) in [5, 5.41) is 1.07. The molecule has 20 heavy (non-hydrogen) atoms. The van der Waals surface area contributed by atoms with Gasteiger partial charge >= 0.3 is 0 Å². The van der Waals surface area contributed by atoms with E-state index in [1.54, 1.807) is 18.4 Å². The second kappa shape index (κ2) is 6.90. The van der Waals surface area contributed by atoms with Gasteiger partial charge in [-0.25, -0.2) is 4.98 Å². The standard InChI is InChI=1S/C15H23N3OS/c1-4-12(5-2)18(8-9-19-3)15-17-13-7-6-11(16)10-14(13)20-15/h6-7,10,12H,4-5,8-9,16H2,1-3H3. The highest BCUT2D eigenvalue weighted by Crippen LogP contribution is 2.32. The van der Waals surface area contributed by atoms with Gasteiger partial charge in [0.25, 0.3) is 0 Å². The highest BCUT2D eigenvalue weighted by molar-refractivity contribution is 7.22. The van der Waals surface area contributed by atoms with Crippen LogP contribution in [0.5, 0.6) is 0 Å². The highest BCUT2D eigenvalue weighted by Gasteiger charge is 2.19. The Morgan fingerprint density at radius 1 is 1.35 bits per heavy atom. The quantitative estimate of drug-likeness (QED) is 0.794. The summed E-state index contributed by atoms with van der Waals surface area (Å²) in [5.74, 6) is 0. The van der Waals surface area contributed by atoms with E-state index in [2.05, 4.69) is 18.7 Å². The predicted molar refractivity (Wildman–Crippen MR) is 87.6 cm³/mol. The van der Waals surface area contributed by atoms with Crippen LogP contribution < -0.4 is 10.6 Å². The lowest BCUT2D eigenvalue weighted by Gasteiger charge is -2.29. The molecule has 4 nitrogen and oxygen atoms in total. The summed E-state index contributed by atoms with van der Waals surface area (Å²) >= 11 is 1.71. The van der Waals surface area contributed by atoms with Crippen molar-refractivity contribution in [2.24, 2.45) is 0 Å². The molecule has 0 unspecified atom stereocenters. The van der Waals surface area contributed by atoms with Crippen LogP contribution in [0.4, 0.5) is 10.8 Å². The van der Waals surface area contributed by atoms with Gasteiger partial charge in [-0.2, -0.15) is 0 Å². The van der Waals surface area contributed by atoms with E-state index in [0.29, 0.717) is 12.6 Å². The van der Waals surface area contributed by atoms with Crippen LogP contribution >= 0.6 is 11.3 Å². The number of nitrogens with two attached hydrogens (primary N) is 1. The average Bonchev–Trinajstić information content (AvgIpc) is 2.86. The zero-order chi connectivity index (χ0) is 14.5. The smallest absolute Gasteiger partial charge is 0.186 e. The number of aromatic nitrogens is 1. The molecule has 0 aliphatic heterocycles. The Labute approximate surface area is 124 Å². The fourth-order valence-corrected chi connectivity index (χ4v) is 3.52. The van der Waals surface area contributed by atoms with Crippen LogP contribution in [0.2, 0.25) is 0 Å². The van der Waals surface area contributed by atoms with Crippen LogP contribution in [0, 0.1) is 0 Å². The van der Waals surface area contributed by atoms with Gasteiger partial charge in [0.1, 0.15) is 0 Å². The van der Waals surface area contributed by atoms with Gasteiger partial charge in [0.05, 0.1) is 16.8 Å². The largest absolute Gasteiger partial charge is 0.399 e. The molecule has 0 amide bonds. The number of benzene rings is 1. The Morgan fingerprint density at radius 2 is 2.10 bits per heavy atom. The van der Waals surface area contributed by atoms with Gasteiger partial charge in [-0.05, 0) is 31.0 Å². The summed E-state index contributed by atoms with van der Waals surface area (Å²) in [6.45, 7) is 6.03. The predicted octanol–water partition coefficient (Wildman–Crippen LogP) is 3.52. The Balaban J connectivity index is 2.33. The van der Waals surface area contributed by atoms with Crippen LogP contribution in [0.25, 0.3) is 10.2 Å². The maximum Gasteiger partial charge on any atom is 0.186 e. The number of thiazole rings is 1. The van der Waals surface area contributed by atoms with Crippen LogP contribution in [-0.2, 0) is 4.74 Å². The SMILES string of the molecule is CCC(CC)N(CCOC)c1nc2ccc(N)cc2s1. The van der Waals surface area contributed by atoms with Crippen molar-refractivity contribution in [1.82, 2.24) is 4.98 Å². The first-order valence-corrected chi connectivity index (χ1v) is 7.92. The molecule has 1 aromatic heterocycles. The van der Waals surface area contributed by atoms with Gasteiger partial charge in [-0.1, -0.05) is 25.2 Å². The van der Waals surface area contributed by atoms with Crippen molar-refractivity contribution in [2.75, 3.05) is 30.9 Å². The van der Waals surface area contributed by atoms with Crippen molar-refractivity contribution in [3.8, 4) is 0 Å². The molecule has 2 N–H and O–H groups in total. The monoisotopic (exact) mass is 293 g/mol. The molecule has 0 spiro atoms. The lowest BCUT2D eigenvalue weighted by Crippen LogP contribution is -2.37. The van der Waals surface area contributed by atoms with E-state index in [1.165, 1.54) is 0 Å². The molecule has 0 aliphatic carbocycles. The van der Waals surface area contributed by atoms with Crippen LogP contribution in [-0.4, -0.2) is 31.3 Å². The van der Waals surface area contributed by atoms with Crippen molar-refractivity contribution >= 4 is 32.4 Å². The number of hydrogen-bond acceptors (Lipinski definition) is 5. The van der Waals surface area contributed by atoms with E-state index in [1.807, 2.05) is 18.2 Å². The number of fused-ring (bicyclic) bond motifs is 1. The highest BCUT2D eigenvalue weighted by atomic mass is 32.1. The Morgan fingerprint density at radius 3 is 2.75 bits per heavy atom. The van der Waals surface area contributed by atoms with Crippen LogP contribution in [0.1, 0.15) is 26.7 Å². The van der Waals surface area contributed by atoms with E-state index in [0.717, 1.165) is 40.4 Å². The Kier molecular flexibility index (Phi) is 5.20. The lowest BCUT2D eigenvalue weighted by atomic mass is 10.1. The zero-order valence-electron chi connectivity index (χ0n) is 12.4. The van der Waals surface area contributed by atoms with E-state index in [4.69, 9.17) is 15.5 Å². The van der Waals surface area contributed by atoms with Crippen molar-refractivity contribution in [1.29, 1.82) is 0 Å². The van der Waals surface area contributed by atoms with Crippen molar-refractivity contribution in [2.45, 2.75) is 32.7 Å². The first-order valence-electron chi connectivity index (χ1n) is 7.11. The first kappa shape index (κ1) is 15.1. The van der Waals surface area contributed by atoms with Crippen LogP contribution in [0.15, 0.2) is 18.2 Å². The molecule has 2 rings (SSSR count). The van der Waals surface area contributed by atoms with E-state index in [-0.39, 0.29) is 0 Å². The number of anilines is 2. The summed E-state index contributed by atoms with van der Waals surface area (Å²) < 4.78 is 6.39. The zero-order valence-corrected chi connectivity index (χ0v) is 13.2. The minimum absolute atomic E-state index is 0.503. The molecule has 0 radical (unpaired) electrons. The second-order valence-electron chi connectivity index (χ2n) is 4.88. The third kappa shape index (κ3) is 3.22. The van der Waals surface area contributed by atoms with E-state index in [9.17, 15) is 0 Å². The molecule has 110 valence electrons. The molecule has 0 atom stereocenters. The number of nitrogens with zero attached hydrogens (tertiary/aromatic N) is 2. The average molecular weight is 293 g/mol. The minimum atomic E-state index is 0.503. The molecular formula is C15H23N3OS. The van der Waals surface area contributed by atoms with Gasteiger partial charge in [0.2, 0.25) is 0 Å². The summed E-state index contributed by atoms with van der Waals surface area (Å²) in [6.07, 6.45) is 2.22. The summed E-state index contributed by atoms with van der Waals surface area (Å²) in [4.78, 5) is 7.12. The molecule has 0 saturated heterocycles. The maximum atomic E-state index is 5.85. The number of nitrogen functional groups attached to an aromatic ring is 1. The van der Waals surface area contributed by atoms with Gasteiger partial charge in [-0.3, -0.25) is 0 Å². The van der Waals surface area contributed by atoms with Crippen LogP contribution in [0.3, 0.4) is 0 Å². The Hall–Kier alpha value is -1.33. The van der Waals surface area contributed by atoms with Crippen molar-refractivity contribution < 1.29 is 4.74 Å². The van der Waals surface area contributed by atoms with E-state index < -0.39 is 0 Å². The molecule has 0 fully saturated rings. The fraction of sp³-hybridized carbons (Fsp3) is 0.533. The topological polar surface area (TPSA) is 51.4 Å². The van der Waals surface area contributed by atoms with Gasteiger partial charge < -0.3 is 15.4 Å². The van der Waals surface area contributed by atoms with Crippen molar-refractivity contribution in [3.63, 3.8) is 0 Å².